The molecule has 1 saturated carbocycles. The summed E-state index contributed by atoms with van der Waals surface area (Å²) in [5.41, 5.74) is -0.525. The van der Waals surface area contributed by atoms with Gasteiger partial charge >= 0.3 is 12.1 Å². The second-order valence-electron chi connectivity index (χ2n) is 5.48. The first kappa shape index (κ1) is 11.2. The molecule has 0 bridgehead atoms. The van der Waals surface area contributed by atoms with Gasteiger partial charge in [0.05, 0.1) is 12.0 Å². The van der Waals surface area contributed by atoms with E-state index in [0.29, 0.717) is 6.54 Å². The zero-order valence-corrected chi connectivity index (χ0v) is 9.77. The Morgan fingerprint density at radius 3 is 2.44 bits per heavy atom. The zero-order valence-electron chi connectivity index (χ0n) is 9.77. The van der Waals surface area contributed by atoms with Crippen molar-refractivity contribution in [1.82, 2.24) is 4.90 Å². The van der Waals surface area contributed by atoms with Gasteiger partial charge in [-0.1, -0.05) is 0 Å². The molecule has 0 radical (unpaired) electrons. The Balaban J connectivity index is 1.97. The average molecular weight is 227 g/mol. The second kappa shape index (κ2) is 3.37. The summed E-state index contributed by atoms with van der Waals surface area (Å²) in [6.07, 6.45) is 0.393. The lowest BCUT2D eigenvalue weighted by Gasteiger charge is -2.25. The maximum atomic E-state index is 11.8. The van der Waals surface area contributed by atoms with Crippen molar-refractivity contribution in [2.24, 2.45) is 11.8 Å². The SMILES string of the molecule is CC(C)(C)OC(=O)N1CC[C@H]2C(C(=O)O)[C@H]21. The van der Waals surface area contributed by atoms with Crippen molar-refractivity contribution in [2.75, 3.05) is 6.54 Å². The molecule has 0 aromatic rings. The Labute approximate surface area is 94.4 Å². The number of nitrogens with zero attached hydrogens (tertiary/aromatic N) is 1. The van der Waals surface area contributed by atoms with Crippen molar-refractivity contribution in [3.05, 3.63) is 0 Å². The zero-order chi connectivity index (χ0) is 12.1. The van der Waals surface area contributed by atoms with Crippen LogP contribution < -0.4 is 0 Å². The molecular formula is C11H17NO4. The highest BCUT2D eigenvalue weighted by molar-refractivity contribution is 5.79. The molecule has 1 aliphatic carbocycles. The molecule has 2 fully saturated rings. The van der Waals surface area contributed by atoms with Crippen LogP contribution in [-0.4, -0.2) is 40.3 Å². The highest BCUT2D eigenvalue weighted by Gasteiger charge is 2.63. The average Bonchev–Trinajstić information content (AvgIpc) is 2.64. The van der Waals surface area contributed by atoms with Crippen LogP contribution in [0.3, 0.4) is 0 Å². The van der Waals surface area contributed by atoms with Gasteiger partial charge in [0.15, 0.2) is 0 Å². The van der Waals surface area contributed by atoms with Crippen LogP contribution in [-0.2, 0) is 9.53 Å². The summed E-state index contributed by atoms with van der Waals surface area (Å²) in [5, 5.41) is 8.91. The number of hydrogen-bond donors (Lipinski definition) is 1. The molecule has 1 heterocycles. The van der Waals surface area contributed by atoms with Crippen LogP contribution in [0.5, 0.6) is 0 Å². The number of carbonyl (C=O) groups is 2. The number of carbonyl (C=O) groups excluding carboxylic acids is 1. The predicted molar refractivity (Wildman–Crippen MR) is 56.0 cm³/mol. The van der Waals surface area contributed by atoms with Crippen LogP contribution in [0.25, 0.3) is 0 Å². The van der Waals surface area contributed by atoms with E-state index in [2.05, 4.69) is 0 Å². The number of carboxylic acids is 1. The molecule has 0 spiro atoms. The monoisotopic (exact) mass is 227 g/mol. The van der Waals surface area contributed by atoms with E-state index in [1.807, 2.05) is 0 Å². The van der Waals surface area contributed by atoms with Gasteiger partial charge in [-0.15, -0.1) is 0 Å². The Morgan fingerprint density at radius 1 is 1.38 bits per heavy atom. The first-order valence-corrected chi connectivity index (χ1v) is 5.54. The minimum atomic E-state index is -0.803. The van der Waals surface area contributed by atoms with Gasteiger partial charge in [-0.3, -0.25) is 4.79 Å². The molecule has 1 N–H and O–H groups in total. The van der Waals surface area contributed by atoms with E-state index in [1.54, 1.807) is 25.7 Å². The number of piperidine rings is 1. The molecule has 0 aromatic carbocycles. The van der Waals surface area contributed by atoms with Crippen molar-refractivity contribution in [3.8, 4) is 0 Å². The van der Waals surface area contributed by atoms with Crippen LogP contribution in [0.4, 0.5) is 4.79 Å². The third-order valence-corrected chi connectivity index (χ3v) is 3.10. The molecule has 90 valence electrons. The fraction of sp³-hybridized carbons (Fsp3) is 0.818. The Bertz CT molecular complexity index is 333. The maximum Gasteiger partial charge on any atom is 0.410 e. The van der Waals surface area contributed by atoms with E-state index in [4.69, 9.17) is 9.84 Å². The van der Waals surface area contributed by atoms with Crippen LogP contribution in [0.1, 0.15) is 27.2 Å². The summed E-state index contributed by atoms with van der Waals surface area (Å²) in [7, 11) is 0. The maximum absolute atomic E-state index is 11.8. The molecule has 0 aromatic heterocycles. The molecule has 1 saturated heterocycles. The first-order chi connectivity index (χ1) is 7.31. The van der Waals surface area contributed by atoms with Crippen molar-refractivity contribution in [1.29, 1.82) is 0 Å². The number of carboxylic acid groups (broad SMARTS) is 1. The second-order valence-corrected chi connectivity index (χ2v) is 5.48. The summed E-state index contributed by atoms with van der Waals surface area (Å²) in [6, 6.07) is -0.132. The van der Waals surface area contributed by atoms with E-state index < -0.39 is 11.6 Å². The van der Waals surface area contributed by atoms with Crippen LogP contribution in [0.2, 0.25) is 0 Å². The molecule has 1 aliphatic heterocycles. The fourth-order valence-corrected chi connectivity index (χ4v) is 2.43. The summed E-state index contributed by atoms with van der Waals surface area (Å²) in [4.78, 5) is 24.2. The lowest BCUT2D eigenvalue weighted by atomic mass is 10.2. The third-order valence-electron chi connectivity index (χ3n) is 3.10. The fourth-order valence-electron chi connectivity index (χ4n) is 2.43. The molecule has 5 heteroatoms. The molecule has 3 atom stereocenters. The molecule has 1 unspecified atom stereocenters. The van der Waals surface area contributed by atoms with Gasteiger partial charge in [-0.25, -0.2) is 4.79 Å². The highest BCUT2D eigenvalue weighted by Crippen LogP contribution is 2.51. The predicted octanol–water partition coefficient (Wildman–Crippen LogP) is 1.33. The number of rotatable bonds is 1. The van der Waals surface area contributed by atoms with Crippen LogP contribution >= 0.6 is 0 Å². The standard InChI is InChI=1S/C11H17NO4/c1-11(2,3)16-10(15)12-5-4-6-7(8(6)12)9(13)14/h6-8H,4-5H2,1-3H3,(H,13,14)/t6-,7?,8-/m0/s1. The minimum Gasteiger partial charge on any atom is -0.481 e. The van der Waals surface area contributed by atoms with Crippen molar-refractivity contribution in [3.63, 3.8) is 0 Å². The topological polar surface area (TPSA) is 66.8 Å². The Morgan fingerprint density at radius 2 is 2.00 bits per heavy atom. The highest BCUT2D eigenvalue weighted by atomic mass is 16.6. The molecule has 2 aliphatic rings. The molecule has 5 nitrogen and oxygen atoms in total. The summed E-state index contributed by atoms with van der Waals surface area (Å²) >= 11 is 0. The van der Waals surface area contributed by atoms with Crippen molar-refractivity contribution >= 4 is 12.1 Å². The first-order valence-electron chi connectivity index (χ1n) is 5.54. The van der Waals surface area contributed by atoms with E-state index >= 15 is 0 Å². The molecule has 2 rings (SSSR count). The van der Waals surface area contributed by atoms with Gasteiger partial charge < -0.3 is 14.7 Å². The van der Waals surface area contributed by atoms with Gasteiger partial charge in [0, 0.05) is 6.54 Å². The van der Waals surface area contributed by atoms with E-state index in [0.717, 1.165) is 6.42 Å². The number of fused-ring (bicyclic) bond motifs is 1. The Hall–Kier alpha value is -1.26. The Kier molecular flexibility index (Phi) is 2.36. The lowest BCUT2D eigenvalue weighted by molar-refractivity contribution is -0.139. The van der Waals surface area contributed by atoms with E-state index in [9.17, 15) is 9.59 Å². The quantitative estimate of drug-likeness (QED) is 0.733. The summed E-state index contributed by atoms with van der Waals surface area (Å²) < 4.78 is 5.24. The smallest absolute Gasteiger partial charge is 0.410 e. The number of ether oxygens (including phenoxy) is 1. The lowest BCUT2D eigenvalue weighted by Crippen LogP contribution is -2.38. The summed E-state index contributed by atoms with van der Waals surface area (Å²) in [6.45, 7) is 6.04. The number of likely N-dealkylation sites (tertiary alicyclic amines) is 1. The summed E-state index contributed by atoms with van der Waals surface area (Å²) in [5.74, 6) is -1.03. The van der Waals surface area contributed by atoms with Gasteiger partial charge in [0.25, 0.3) is 0 Å². The number of amides is 1. The number of aliphatic carboxylic acids is 1. The normalized spacial score (nSPS) is 32.2. The van der Waals surface area contributed by atoms with E-state index in [-0.39, 0.29) is 24.0 Å². The molecule has 1 amide bonds. The van der Waals surface area contributed by atoms with Crippen molar-refractivity contribution in [2.45, 2.75) is 38.8 Å². The van der Waals surface area contributed by atoms with Gasteiger partial charge in [0.1, 0.15) is 5.60 Å². The number of hydrogen-bond acceptors (Lipinski definition) is 3. The van der Waals surface area contributed by atoms with Gasteiger partial charge in [-0.2, -0.15) is 0 Å². The van der Waals surface area contributed by atoms with Crippen LogP contribution in [0, 0.1) is 11.8 Å². The van der Waals surface area contributed by atoms with Crippen molar-refractivity contribution < 1.29 is 19.4 Å². The largest absolute Gasteiger partial charge is 0.481 e. The van der Waals surface area contributed by atoms with Gasteiger partial charge in [-0.05, 0) is 33.1 Å². The van der Waals surface area contributed by atoms with E-state index in [1.165, 1.54) is 0 Å². The van der Waals surface area contributed by atoms with Gasteiger partial charge in [0.2, 0.25) is 0 Å². The minimum absolute atomic E-state index is 0.132. The third kappa shape index (κ3) is 1.86. The molecular weight excluding hydrogens is 210 g/mol. The molecule has 16 heavy (non-hydrogen) atoms. The van der Waals surface area contributed by atoms with Crippen LogP contribution in [0.15, 0.2) is 0 Å².